The van der Waals surface area contributed by atoms with Crippen LogP contribution in [0.15, 0.2) is 24.3 Å². The number of nitrogens with zero attached hydrogens (tertiary/aromatic N) is 1. The molecule has 1 aromatic carbocycles. The Morgan fingerprint density at radius 1 is 1.30 bits per heavy atom. The van der Waals surface area contributed by atoms with Gasteiger partial charge in [0.1, 0.15) is 0 Å². The monoisotopic (exact) mass is 273 g/mol. The molecule has 1 aliphatic carbocycles. The van der Waals surface area contributed by atoms with E-state index in [-0.39, 0.29) is 24.4 Å². The summed E-state index contributed by atoms with van der Waals surface area (Å²) in [5, 5.41) is 0. The number of amides is 1. The van der Waals surface area contributed by atoms with E-state index in [0.29, 0.717) is 19.0 Å². The highest BCUT2D eigenvalue weighted by molar-refractivity contribution is 5.82. The SMILES string of the molecule is C[C@@H]1C[C@@H]1C(=O)OCC(=O)N1CCc2ccccc2C1. The van der Waals surface area contributed by atoms with Crippen LogP contribution in [0.1, 0.15) is 24.5 Å². The summed E-state index contributed by atoms with van der Waals surface area (Å²) in [4.78, 5) is 25.5. The van der Waals surface area contributed by atoms with Gasteiger partial charge in [-0.1, -0.05) is 31.2 Å². The summed E-state index contributed by atoms with van der Waals surface area (Å²) in [7, 11) is 0. The molecule has 0 saturated heterocycles. The van der Waals surface area contributed by atoms with Crippen LogP contribution in [0.25, 0.3) is 0 Å². The Kier molecular flexibility index (Phi) is 3.47. The molecule has 4 nitrogen and oxygen atoms in total. The first-order valence-electron chi connectivity index (χ1n) is 7.16. The molecule has 3 rings (SSSR count). The maximum atomic E-state index is 12.1. The fraction of sp³-hybridized carbons (Fsp3) is 0.500. The molecule has 1 amide bonds. The Morgan fingerprint density at radius 2 is 2.00 bits per heavy atom. The molecule has 106 valence electrons. The van der Waals surface area contributed by atoms with Crippen molar-refractivity contribution >= 4 is 11.9 Å². The minimum atomic E-state index is -0.219. The third kappa shape index (κ3) is 2.69. The first-order valence-corrected chi connectivity index (χ1v) is 7.16. The summed E-state index contributed by atoms with van der Waals surface area (Å²) in [5.74, 6) is 0.119. The van der Waals surface area contributed by atoms with Crippen LogP contribution in [0.4, 0.5) is 0 Å². The Bertz CT molecular complexity index is 540. The second-order valence-corrected chi connectivity index (χ2v) is 5.76. The van der Waals surface area contributed by atoms with Crippen LogP contribution in [0, 0.1) is 11.8 Å². The lowest BCUT2D eigenvalue weighted by atomic mass is 10.00. The highest BCUT2D eigenvalue weighted by Crippen LogP contribution is 2.38. The van der Waals surface area contributed by atoms with Crippen LogP contribution in [-0.2, 0) is 27.3 Å². The average Bonchev–Trinajstić information content (AvgIpc) is 3.21. The molecule has 1 aromatic rings. The molecule has 20 heavy (non-hydrogen) atoms. The van der Waals surface area contributed by atoms with Gasteiger partial charge >= 0.3 is 5.97 Å². The van der Waals surface area contributed by atoms with Gasteiger partial charge in [-0.05, 0) is 29.9 Å². The van der Waals surface area contributed by atoms with Crippen molar-refractivity contribution in [3.8, 4) is 0 Å². The van der Waals surface area contributed by atoms with Gasteiger partial charge < -0.3 is 9.64 Å². The van der Waals surface area contributed by atoms with Gasteiger partial charge in [-0.15, -0.1) is 0 Å². The molecule has 0 unspecified atom stereocenters. The molecule has 0 N–H and O–H groups in total. The zero-order valence-electron chi connectivity index (χ0n) is 11.7. The van der Waals surface area contributed by atoms with Gasteiger partial charge in [-0.3, -0.25) is 9.59 Å². The highest BCUT2D eigenvalue weighted by atomic mass is 16.5. The molecular formula is C16H19NO3. The van der Waals surface area contributed by atoms with E-state index in [0.717, 1.165) is 12.8 Å². The minimum absolute atomic E-state index is 0.0184. The summed E-state index contributed by atoms with van der Waals surface area (Å²) >= 11 is 0. The summed E-state index contributed by atoms with van der Waals surface area (Å²) in [6, 6.07) is 8.16. The molecule has 0 bridgehead atoms. The van der Waals surface area contributed by atoms with Gasteiger partial charge in [0, 0.05) is 13.1 Å². The molecule has 1 aliphatic heterocycles. The third-order valence-electron chi connectivity index (χ3n) is 4.23. The summed E-state index contributed by atoms with van der Waals surface area (Å²) in [5.41, 5.74) is 2.49. The fourth-order valence-corrected chi connectivity index (χ4v) is 2.69. The van der Waals surface area contributed by atoms with Crippen molar-refractivity contribution < 1.29 is 14.3 Å². The van der Waals surface area contributed by atoms with Gasteiger partial charge in [0.2, 0.25) is 0 Å². The van der Waals surface area contributed by atoms with Crippen molar-refractivity contribution in [1.29, 1.82) is 0 Å². The van der Waals surface area contributed by atoms with Gasteiger partial charge in [-0.25, -0.2) is 0 Å². The number of benzene rings is 1. The van der Waals surface area contributed by atoms with Crippen molar-refractivity contribution in [3.63, 3.8) is 0 Å². The summed E-state index contributed by atoms with van der Waals surface area (Å²) in [6.07, 6.45) is 1.76. The molecule has 1 fully saturated rings. The first-order chi connectivity index (χ1) is 9.65. The van der Waals surface area contributed by atoms with E-state index < -0.39 is 0 Å². The predicted molar refractivity (Wildman–Crippen MR) is 73.8 cm³/mol. The number of carbonyl (C=O) groups is 2. The minimum Gasteiger partial charge on any atom is -0.455 e. The van der Waals surface area contributed by atoms with Crippen molar-refractivity contribution in [2.24, 2.45) is 11.8 Å². The van der Waals surface area contributed by atoms with Crippen molar-refractivity contribution in [3.05, 3.63) is 35.4 Å². The second-order valence-electron chi connectivity index (χ2n) is 5.76. The lowest BCUT2D eigenvalue weighted by molar-refractivity contribution is -0.153. The Morgan fingerprint density at radius 3 is 2.70 bits per heavy atom. The van der Waals surface area contributed by atoms with Gasteiger partial charge in [-0.2, -0.15) is 0 Å². The van der Waals surface area contributed by atoms with Crippen LogP contribution >= 0.6 is 0 Å². The lowest BCUT2D eigenvalue weighted by Gasteiger charge is -2.28. The van der Waals surface area contributed by atoms with E-state index in [1.807, 2.05) is 25.1 Å². The van der Waals surface area contributed by atoms with E-state index in [1.165, 1.54) is 11.1 Å². The zero-order chi connectivity index (χ0) is 14.1. The van der Waals surface area contributed by atoms with Crippen LogP contribution in [0.5, 0.6) is 0 Å². The summed E-state index contributed by atoms with van der Waals surface area (Å²) < 4.78 is 5.11. The number of esters is 1. The predicted octanol–water partition coefficient (Wildman–Crippen LogP) is 1.77. The number of ether oxygens (including phenoxy) is 1. The van der Waals surface area contributed by atoms with E-state index in [4.69, 9.17) is 4.74 Å². The van der Waals surface area contributed by atoms with Crippen LogP contribution in [0.2, 0.25) is 0 Å². The van der Waals surface area contributed by atoms with E-state index in [1.54, 1.807) is 4.90 Å². The van der Waals surface area contributed by atoms with Gasteiger partial charge in [0.15, 0.2) is 6.61 Å². The molecule has 1 saturated carbocycles. The molecule has 1 heterocycles. The number of hydrogen-bond acceptors (Lipinski definition) is 3. The average molecular weight is 273 g/mol. The van der Waals surface area contributed by atoms with E-state index in [9.17, 15) is 9.59 Å². The molecule has 2 atom stereocenters. The molecule has 4 heteroatoms. The Labute approximate surface area is 118 Å². The largest absolute Gasteiger partial charge is 0.455 e. The highest BCUT2D eigenvalue weighted by Gasteiger charge is 2.40. The number of rotatable bonds is 3. The van der Waals surface area contributed by atoms with Crippen LogP contribution in [-0.4, -0.2) is 29.9 Å². The maximum Gasteiger partial charge on any atom is 0.309 e. The first kappa shape index (κ1) is 13.2. The Hall–Kier alpha value is -1.84. The third-order valence-corrected chi connectivity index (χ3v) is 4.23. The zero-order valence-corrected chi connectivity index (χ0v) is 11.7. The number of hydrogen-bond donors (Lipinski definition) is 0. The smallest absolute Gasteiger partial charge is 0.309 e. The number of fused-ring (bicyclic) bond motifs is 1. The second kappa shape index (κ2) is 5.27. The normalized spacial score (nSPS) is 23.9. The molecular weight excluding hydrogens is 254 g/mol. The molecule has 0 radical (unpaired) electrons. The molecule has 2 aliphatic rings. The van der Waals surface area contributed by atoms with Crippen molar-refractivity contribution in [1.82, 2.24) is 4.90 Å². The van der Waals surface area contributed by atoms with Gasteiger partial charge in [0.05, 0.1) is 5.92 Å². The van der Waals surface area contributed by atoms with E-state index >= 15 is 0 Å². The van der Waals surface area contributed by atoms with E-state index in [2.05, 4.69) is 6.07 Å². The van der Waals surface area contributed by atoms with Gasteiger partial charge in [0.25, 0.3) is 5.91 Å². The quantitative estimate of drug-likeness (QED) is 0.789. The molecule has 0 aromatic heterocycles. The lowest BCUT2D eigenvalue weighted by Crippen LogP contribution is -2.38. The maximum absolute atomic E-state index is 12.1. The molecule has 0 spiro atoms. The number of carbonyl (C=O) groups excluding carboxylic acids is 2. The standard InChI is InChI=1S/C16H19NO3/c1-11-8-14(11)16(19)20-10-15(18)17-7-6-12-4-2-3-5-13(12)9-17/h2-5,11,14H,6-10H2,1H3/t11-,14+/m1/s1. The van der Waals surface area contributed by atoms with Crippen LogP contribution < -0.4 is 0 Å². The fourth-order valence-electron chi connectivity index (χ4n) is 2.69. The van der Waals surface area contributed by atoms with Crippen molar-refractivity contribution in [2.45, 2.75) is 26.3 Å². The Balaban J connectivity index is 1.52. The van der Waals surface area contributed by atoms with Crippen LogP contribution in [0.3, 0.4) is 0 Å². The summed E-state index contributed by atoms with van der Waals surface area (Å²) in [6.45, 7) is 3.22. The van der Waals surface area contributed by atoms with Crippen molar-refractivity contribution in [2.75, 3.05) is 13.2 Å². The topological polar surface area (TPSA) is 46.6 Å².